The maximum atomic E-state index is 2.38. The van der Waals surface area contributed by atoms with Gasteiger partial charge in [0.15, 0.2) is 0 Å². The van der Waals surface area contributed by atoms with Gasteiger partial charge in [-0.2, -0.15) is 0 Å². The molecule has 0 aliphatic carbocycles. The van der Waals surface area contributed by atoms with Crippen molar-refractivity contribution in [1.29, 1.82) is 0 Å². The van der Waals surface area contributed by atoms with Crippen molar-refractivity contribution >= 4 is 43.6 Å². The van der Waals surface area contributed by atoms with Crippen molar-refractivity contribution in [3.63, 3.8) is 0 Å². The molecule has 0 bridgehead atoms. The van der Waals surface area contributed by atoms with Crippen molar-refractivity contribution < 1.29 is 0 Å². The van der Waals surface area contributed by atoms with Gasteiger partial charge >= 0.3 is 0 Å². The summed E-state index contributed by atoms with van der Waals surface area (Å²) in [4.78, 5) is 0. The van der Waals surface area contributed by atoms with E-state index in [-0.39, 0.29) is 0 Å². The molecule has 2 aromatic heterocycles. The second-order valence-corrected chi connectivity index (χ2v) is 11.4. The minimum atomic E-state index is 1.17. The number of rotatable bonds is 4. The molecule has 0 saturated heterocycles. The van der Waals surface area contributed by atoms with Gasteiger partial charge in [-0.15, -0.1) is 0 Å². The number of hydrogen-bond donors (Lipinski definition) is 0. The third-order valence-corrected chi connectivity index (χ3v) is 8.92. The van der Waals surface area contributed by atoms with Crippen LogP contribution in [0.25, 0.3) is 77.2 Å². The van der Waals surface area contributed by atoms with Gasteiger partial charge in [-0.1, -0.05) is 115 Å². The Hall–Kier alpha value is -5.86. The molecule has 0 N–H and O–H groups in total. The van der Waals surface area contributed by atoms with Crippen molar-refractivity contribution in [1.82, 2.24) is 9.13 Å². The van der Waals surface area contributed by atoms with Gasteiger partial charge in [0, 0.05) is 32.9 Å². The van der Waals surface area contributed by atoms with Crippen LogP contribution in [-0.2, 0) is 0 Å². The summed E-state index contributed by atoms with van der Waals surface area (Å²) in [6, 6.07) is 61.4. The molecule has 7 aromatic carbocycles. The Balaban J connectivity index is 1.13. The van der Waals surface area contributed by atoms with E-state index in [1.54, 1.807) is 0 Å². The molecule has 206 valence electrons. The van der Waals surface area contributed by atoms with E-state index in [9.17, 15) is 0 Å². The largest absolute Gasteiger partial charge is 0.309 e. The van der Waals surface area contributed by atoms with Crippen molar-refractivity contribution in [3.8, 4) is 33.6 Å². The monoisotopic (exact) mass is 560 g/mol. The molecule has 0 aliphatic rings. The minimum absolute atomic E-state index is 1.17. The Kier molecular flexibility index (Phi) is 5.54. The Morgan fingerprint density at radius 3 is 1.30 bits per heavy atom. The van der Waals surface area contributed by atoms with Crippen molar-refractivity contribution in [2.75, 3.05) is 0 Å². The summed E-state index contributed by atoms with van der Waals surface area (Å²) in [5.41, 5.74) is 12.1. The van der Waals surface area contributed by atoms with Crippen LogP contribution in [0.2, 0.25) is 0 Å². The van der Waals surface area contributed by atoms with Gasteiger partial charge in [-0.25, -0.2) is 0 Å². The van der Waals surface area contributed by atoms with Gasteiger partial charge in [0.1, 0.15) is 0 Å². The maximum absolute atomic E-state index is 2.38. The van der Waals surface area contributed by atoms with Crippen molar-refractivity contribution in [2.45, 2.75) is 0 Å². The highest BCUT2D eigenvalue weighted by atomic mass is 15.0. The van der Waals surface area contributed by atoms with Gasteiger partial charge in [0.25, 0.3) is 0 Å². The van der Waals surface area contributed by atoms with E-state index in [0.29, 0.717) is 0 Å². The summed E-state index contributed by atoms with van der Waals surface area (Å²) >= 11 is 0. The highest BCUT2D eigenvalue weighted by molar-refractivity contribution is 6.11. The lowest BCUT2D eigenvalue weighted by Crippen LogP contribution is -1.93. The van der Waals surface area contributed by atoms with E-state index in [1.165, 1.54) is 77.2 Å². The van der Waals surface area contributed by atoms with Crippen LogP contribution in [0.1, 0.15) is 0 Å². The number of aromatic nitrogens is 2. The van der Waals surface area contributed by atoms with Gasteiger partial charge in [-0.05, 0) is 76.9 Å². The van der Waals surface area contributed by atoms with Crippen LogP contribution in [0, 0.1) is 0 Å². The van der Waals surface area contributed by atoms with Crippen LogP contribution in [0.4, 0.5) is 0 Å². The van der Waals surface area contributed by atoms with E-state index < -0.39 is 0 Å². The molecule has 0 spiro atoms. The topological polar surface area (TPSA) is 9.86 Å². The summed E-state index contributed by atoms with van der Waals surface area (Å²) in [6.07, 6.45) is 0. The number of para-hydroxylation sites is 4. The van der Waals surface area contributed by atoms with E-state index in [2.05, 4.69) is 179 Å². The van der Waals surface area contributed by atoms with Crippen LogP contribution >= 0.6 is 0 Å². The zero-order chi connectivity index (χ0) is 29.0. The van der Waals surface area contributed by atoms with Gasteiger partial charge in [0.2, 0.25) is 0 Å². The molecule has 9 rings (SSSR count). The molecule has 2 heteroatoms. The van der Waals surface area contributed by atoms with Crippen molar-refractivity contribution in [2.24, 2.45) is 0 Å². The fraction of sp³-hybridized carbons (Fsp3) is 0. The van der Waals surface area contributed by atoms with Crippen LogP contribution in [0.15, 0.2) is 170 Å². The number of benzene rings is 7. The Morgan fingerprint density at radius 2 is 0.682 bits per heavy atom. The average molecular weight is 561 g/mol. The lowest BCUT2D eigenvalue weighted by atomic mass is 9.98. The molecule has 0 atom stereocenters. The highest BCUT2D eigenvalue weighted by Crippen LogP contribution is 2.36. The Morgan fingerprint density at radius 1 is 0.250 bits per heavy atom. The number of hydrogen-bond acceptors (Lipinski definition) is 0. The third-order valence-electron chi connectivity index (χ3n) is 8.92. The van der Waals surface area contributed by atoms with Crippen LogP contribution < -0.4 is 0 Å². The fourth-order valence-electron chi connectivity index (χ4n) is 6.89. The molecule has 0 fully saturated rings. The second-order valence-electron chi connectivity index (χ2n) is 11.4. The Labute approximate surface area is 255 Å². The van der Waals surface area contributed by atoms with Crippen LogP contribution in [-0.4, -0.2) is 9.13 Å². The molecule has 0 saturated carbocycles. The van der Waals surface area contributed by atoms with Gasteiger partial charge in [-0.3, -0.25) is 0 Å². The molecule has 0 unspecified atom stereocenters. The van der Waals surface area contributed by atoms with E-state index in [0.717, 1.165) is 0 Å². The smallest absolute Gasteiger partial charge is 0.0547 e. The quantitative estimate of drug-likeness (QED) is 0.203. The highest BCUT2D eigenvalue weighted by Gasteiger charge is 2.14. The molecular formula is C42H28N2. The molecule has 0 aliphatic heterocycles. The third kappa shape index (κ3) is 3.82. The first-order valence-corrected chi connectivity index (χ1v) is 15.1. The molecule has 0 amide bonds. The molecule has 2 nitrogen and oxygen atoms in total. The van der Waals surface area contributed by atoms with Crippen molar-refractivity contribution in [3.05, 3.63) is 170 Å². The maximum Gasteiger partial charge on any atom is 0.0547 e. The normalized spacial score (nSPS) is 11.6. The SMILES string of the molecule is c1ccc(-n2c3ccccc3c3ccc(-c4cccc(-c5ccc(-n6c7ccccc7c7ccccc76)cc5)c4)cc32)cc1. The van der Waals surface area contributed by atoms with Crippen LogP contribution in [0.5, 0.6) is 0 Å². The average Bonchev–Trinajstić information content (AvgIpc) is 3.61. The van der Waals surface area contributed by atoms with E-state index >= 15 is 0 Å². The lowest BCUT2D eigenvalue weighted by Gasteiger charge is -2.11. The first-order valence-electron chi connectivity index (χ1n) is 15.1. The zero-order valence-corrected chi connectivity index (χ0v) is 24.1. The molecule has 9 aromatic rings. The summed E-state index contributed by atoms with van der Waals surface area (Å²) < 4.78 is 4.75. The predicted molar refractivity (Wildman–Crippen MR) is 186 cm³/mol. The summed E-state index contributed by atoms with van der Waals surface area (Å²) in [5, 5.41) is 5.10. The molecule has 2 heterocycles. The lowest BCUT2D eigenvalue weighted by molar-refractivity contribution is 1.18. The molecule has 44 heavy (non-hydrogen) atoms. The fourth-order valence-corrected chi connectivity index (χ4v) is 6.89. The summed E-state index contributed by atoms with van der Waals surface area (Å²) in [5.74, 6) is 0. The number of fused-ring (bicyclic) bond motifs is 6. The van der Waals surface area contributed by atoms with E-state index in [1.807, 2.05) is 0 Å². The summed E-state index contributed by atoms with van der Waals surface area (Å²) in [7, 11) is 0. The number of nitrogens with zero attached hydrogens (tertiary/aromatic N) is 2. The van der Waals surface area contributed by atoms with E-state index in [4.69, 9.17) is 0 Å². The first kappa shape index (κ1) is 24.7. The molecule has 0 radical (unpaired) electrons. The molecular weight excluding hydrogens is 532 g/mol. The zero-order valence-electron chi connectivity index (χ0n) is 24.1. The van der Waals surface area contributed by atoms with Gasteiger partial charge in [0.05, 0.1) is 22.1 Å². The predicted octanol–water partition coefficient (Wildman–Crippen LogP) is 11.2. The standard InChI is InChI=1S/C42H28N2/c1-2-13-33(14-3-1)44-41-20-9-6-17-37(41)38-26-23-32(28-42(38)44)31-12-10-11-30(27-31)29-21-24-34(25-22-29)43-39-18-7-4-15-35(39)36-16-5-8-19-40(36)43/h1-28H. The first-order chi connectivity index (χ1) is 21.8. The van der Waals surface area contributed by atoms with Crippen LogP contribution in [0.3, 0.4) is 0 Å². The minimum Gasteiger partial charge on any atom is -0.309 e. The summed E-state index contributed by atoms with van der Waals surface area (Å²) in [6.45, 7) is 0. The Bertz CT molecular complexity index is 2420. The second kappa shape index (κ2) is 9.86. The van der Waals surface area contributed by atoms with Gasteiger partial charge < -0.3 is 9.13 Å².